The molecule has 0 spiro atoms. The average Bonchev–Trinajstić information content (AvgIpc) is 2.65. The molecule has 25 heavy (non-hydrogen) atoms. The number of esters is 1. The van der Waals surface area contributed by atoms with E-state index in [1.165, 1.54) is 19.2 Å². The summed E-state index contributed by atoms with van der Waals surface area (Å²) in [6.07, 6.45) is 2.41. The van der Waals surface area contributed by atoms with E-state index in [2.05, 4.69) is 5.32 Å². The lowest BCUT2D eigenvalue weighted by Crippen LogP contribution is -2.40. The monoisotopic (exact) mass is 349 g/mol. The summed E-state index contributed by atoms with van der Waals surface area (Å²) < 4.78 is 4.74. The molecule has 1 aromatic carbocycles. The number of carbonyl (C=O) groups is 2. The Morgan fingerprint density at radius 2 is 1.92 bits per heavy atom. The highest BCUT2D eigenvalue weighted by Crippen LogP contribution is 2.19. The highest BCUT2D eigenvalue weighted by atomic mass is 16.6. The first-order valence-corrected chi connectivity index (χ1v) is 8.35. The molecule has 0 atom stereocenters. The predicted octanol–water partition coefficient (Wildman–Crippen LogP) is 2.20. The zero-order valence-corrected chi connectivity index (χ0v) is 14.3. The van der Waals surface area contributed by atoms with Crippen LogP contribution in [0, 0.1) is 16.0 Å². The van der Waals surface area contributed by atoms with Crippen molar-refractivity contribution < 1.29 is 19.2 Å². The number of non-ortho nitro benzene ring substituents is 1. The normalized spacial score (nSPS) is 14.8. The topological polar surface area (TPSA) is 102 Å². The van der Waals surface area contributed by atoms with Gasteiger partial charge in [-0.1, -0.05) is 0 Å². The van der Waals surface area contributed by atoms with Crippen molar-refractivity contribution >= 4 is 23.3 Å². The number of carbonyl (C=O) groups excluding carboxylic acids is 2. The van der Waals surface area contributed by atoms with E-state index in [1.54, 1.807) is 17.0 Å². The predicted molar refractivity (Wildman–Crippen MR) is 92.1 cm³/mol. The zero-order valence-electron chi connectivity index (χ0n) is 14.3. The molecule has 0 aromatic heterocycles. The van der Waals surface area contributed by atoms with E-state index in [1.807, 2.05) is 0 Å². The quantitative estimate of drug-likeness (QED) is 0.350. The van der Waals surface area contributed by atoms with Crippen LogP contribution in [0.4, 0.5) is 11.4 Å². The van der Waals surface area contributed by atoms with Crippen molar-refractivity contribution in [3.8, 4) is 0 Å². The Bertz CT molecular complexity index is 609. The molecule has 1 amide bonds. The third-order valence-corrected chi connectivity index (χ3v) is 4.36. The van der Waals surface area contributed by atoms with E-state index in [-0.39, 0.29) is 23.5 Å². The summed E-state index contributed by atoms with van der Waals surface area (Å²) in [4.78, 5) is 35.6. The molecule has 1 N–H and O–H groups in total. The molecule has 8 nitrogen and oxygen atoms in total. The number of nitro benzene ring substituents is 1. The highest BCUT2D eigenvalue weighted by molar-refractivity contribution is 5.77. The number of rotatable bonds is 7. The Morgan fingerprint density at radius 1 is 1.28 bits per heavy atom. The van der Waals surface area contributed by atoms with Crippen molar-refractivity contribution in [2.45, 2.75) is 25.7 Å². The number of nitrogens with one attached hydrogen (secondary N) is 1. The van der Waals surface area contributed by atoms with Crippen LogP contribution in [0.15, 0.2) is 24.3 Å². The summed E-state index contributed by atoms with van der Waals surface area (Å²) in [6, 6.07) is 6.19. The molecule has 136 valence electrons. The summed E-state index contributed by atoms with van der Waals surface area (Å²) in [5, 5.41) is 13.7. The van der Waals surface area contributed by atoms with Gasteiger partial charge >= 0.3 is 5.97 Å². The molecule has 1 saturated heterocycles. The van der Waals surface area contributed by atoms with Crippen LogP contribution in [0.1, 0.15) is 25.7 Å². The van der Waals surface area contributed by atoms with Crippen molar-refractivity contribution in [3.63, 3.8) is 0 Å². The molecule has 0 radical (unpaired) electrons. The van der Waals surface area contributed by atoms with Crippen LogP contribution in [0.3, 0.4) is 0 Å². The van der Waals surface area contributed by atoms with Crippen molar-refractivity contribution in [1.82, 2.24) is 4.90 Å². The Kier molecular flexibility index (Phi) is 6.73. The second-order valence-electron chi connectivity index (χ2n) is 6.01. The van der Waals surface area contributed by atoms with Crippen molar-refractivity contribution in [3.05, 3.63) is 34.4 Å². The van der Waals surface area contributed by atoms with Gasteiger partial charge in [-0.15, -0.1) is 0 Å². The van der Waals surface area contributed by atoms with E-state index in [9.17, 15) is 19.7 Å². The van der Waals surface area contributed by atoms with E-state index >= 15 is 0 Å². The van der Waals surface area contributed by atoms with E-state index in [0.717, 1.165) is 5.69 Å². The number of nitro groups is 1. The number of likely N-dealkylation sites (tertiary alicyclic amines) is 1. The first-order valence-electron chi connectivity index (χ1n) is 8.35. The fraction of sp³-hybridized carbons (Fsp3) is 0.529. The number of ether oxygens (including phenoxy) is 1. The molecule has 0 aliphatic carbocycles. The molecule has 1 aliphatic rings. The minimum absolute atomic E-state index is 0.0519. The number of anilines is 1. The van der Waals surface area contributed by atoms with Crippen LogP contribution in [-0.2, 0) is 14.3 Å². The van der Waals surface area contributed by atoms with Crippen molar-refractivity contribution in [2.24, 2.45) is 5.92 Å². The van der Waals surface area contributed by atoms with E-state index in [0.29, 0.717) is 45.3 Å². The second-order valence-corrected chi connectivity index (χ2v) is 6.01. The van der Waals surface area contributed by atoms with Crippen molar-refractivity contribution in [1.29, 1.82) is 0 Å². The van der Waals surface area contributed by atoms with Gasteiger partial charge in [0.25, 0.3) is 5.69 Å². The summed E-state index contributed by atoms with van der Waals surface area (Å²) >= 11 is 0. The van der Waals surface area contributed by atoms with Crippen LogP contribution in [-0.4, -0.2) is 48.4 Å². The van der Waals surface area contributed by atoms with Gasteiger partial charge in [-0.2, -0.15) is 0 Å². The number of nitrogens with zero attached hydrogens (tertiary/aromatic N) is 2. The zero-order chi connectivity index (χ0) is 18.2. The molecule has 0 unspecified atom stereocenters. The molecule has 0 bridgehead atoms. The number of hydrogen-bond acceptors (Lipinski definition) is 6. The highest BCUT2D eigenvalue weighted by Gasteiger charge is 2.27. The van der Waals surface area contributed by atoms with Gasteiger partial charge in [0.15, 0.2) is 0 Å². The van der Waals surface area contributed by atoms with Gasteiger partial charge in [0.2, 0.25) is 5.91 Å². The minimum Gasteiger partial charge on any atom is -0.469 e. The molecule has 1 aliphatic heterocycles. The molecule has 2 rings (SSSR count). The minimum atomic E-state index is -0.439. The Labute approximate surface area is 146 Å². The smallest absolute Gasteiger partial charge is 0.308 e. The van der Waals surface area contributed by atoms with Crippen LogP contribution < -0.4 is 5.32 Å². The second kappa shape index (κ2) is 9.00. The molecular weight excluding hydrogens is 326 g/mol. The van der Waals surface area contributed by atoms with Crippen LogP contribution >= 0.6 is 0 Å². The van der Waals surface area contributed by atoms with Gasteiger partial charge < -0.3 is 15.0 Å². The van der Waals surface area contributed by atoms with E-state index in [4.69, 9.17) is 4.74 Å². The maximum atomic E-state index is 12.2. The standard InChI is InChI=1S/C17H23N3O5/c1-25-17(22)13-8-11-19(12-9-13)16(21)3-2-10-18-14-4-6-15(7-5-14)20(23)24/h4-7,13,18H,2-3,8-12H2,1H3. The molecule has 1 aromatic rings. The molecule has 1 fully saturated rings. The maximum absolute atomic E-state index is 12.2. The third-order valence-electron chi connectivity index (χ3n) is 4.36. The number of hydrogen-bond donors (Lipinski definition) is 1. The van der Waals surface area contributed by atoms with Crippen LogP contribution in [0.25, 0.3) is 0 Å². The SMILES string of the molecule is COC(=O)C1CCN(C(=O)CCCNc2ccc([N+](=O)[O-])cc2)CC1. The fourth-order valence-corrected chi connectivity index (χ4v) is 2.86. The number of amides is 1. The van der Waals surface area contributed by atoms with Gasteiger partial charge in [-0.05, 0) is 31.4 Å². The Balaban J connectivity index is 1.65. The Hall–Kier alpha value is -2.64. The summed E-state index contributed by atoms with van der Waals surface area (Å²) in [7, 11) is 1.39. The number of benzene rings is 1. The number of piperidine rings is 1. The lowest BCUT2D eigenvalue weighted by atomic mass is 9.97. The lowest BCUT2D eigenvalue weighted by molar-refractivity contribution is -0.384. The summed E-state index contributed by atoms with van der Waals surface area (Å²) in [6.45, 7) is 1.80. The van der Waals surface area contributed by atoms with Crippen LogP contribution in [0.2, 0.25) is 0 Å². The van der Waals surface area contributed by atoms with Gasteiger partial charge in [-0.3, -0.25) is 19.7 Å². The largest absolute Gasteiger partial charge is 0.469 e. The summed E-state index contributed by atoms with van der Waals surface area (Å²) in [5.74, 6) is -0.203. The molecular formula is C17H23N3O5. The van der Waals surface area contributed by atoms with E-state index < -0.39 is 4.92 Å². The Morgan fingerprint density at radius 3 is 2.48 bits per heavy atom. The van der Waals surface area contributed by atoms with Gasteiger partial charge in [0.1, 0.15) is 0 Å². The molecule has 0 saturated carbocycles. The lowest BCUT2D eigenvalue weighted by Gasteiger charge is -2.30. The average molecular weight is 349 g/mol. The van der Waals surface area contributed by atoms with Gasteiger partial charge in [0.05, 0.1) is 18.0 Å². The van der Waals surface area contributed by atoms with Crippen molar-refractivity contribution in [2.75, 3.05) is 32.1 Å². The first-order chi connectivity index (χ1) is 12.0. The number of methoxy groups -OCH3 is 1. The summed E-state index contributed by atoms with van der Waals surface area (Å²) in [5.41, 5.74) is 0.841. The van der Waals surface area contributed by atoms with Gasteiger partial charge in [-0.25, -0.2) is 0 Å². The van der Waals surface area contributed by atoms with Gasteiger partial charge in [0, 0.05) is 43.9 Å². The molecule has 8 heteroatoms. The third kappa shape index (κ3) is 5.44. The first kappa shape index (κ1) is 18.7. The van der Waals surface area contributed by atoms with Crippen LogP contribution in [0.5, 0.6) is 0 Å². The fourth-order valence-electron chi connectivity index (χ4n) is 2.86. The maximum Gasteiger partial charge on any atom is 0.308 e. The molecule has 1 heterocycles.